The molecule has 0 aromatic heterocycles. The van der Waals surface area contributed by atoms with E-state index in [1.54, 1.807) is 0 Å². The molecule has 1 radical (unpaired) electrons. The molecule has 0 aromatic carbocycles. The fourth-order valence-electron chi connectivity index (χ4n) is 0. The largest absolute Gasteiger partial charge is 0.0814 e. The van der Waals surface area contributed by atoms with Gasteiger partial charge in [-0.2, -0.15) is 0 Å². The Kier molecular flexibility index (Phi) is 582. The van der Waals surface area contributed by atoms with Crippen molar-refractivity contribution >= 4 is 19.4 Å². The summed E-state index contributed by atoms with van der Waals surface area (Å²) < 4.78 is 0. The van der Waals surface area contributed by atoms with E-state index >= 15 is 0 Å². The molecule has 5 heteroatoms. The Morgan fingerprint density at radius 2 is 1.00 bits per heavy atom. The molecule has 0 unspecified atom stereocenters. The van der Waals surface area contributed by atoms with Gasteiger partial charge in [0.2, 0.25) is 0 Å². The zero-order valence-corrected chi connectivity index (χ0v) is 4.14. The zero-order chi connectivity index (χ0) is 0. The van der Waals surface area contributed by atoms with Crippen LogP contribution in [0.25, 0.3) is 0 Å². The predicted octanol–water partition coefficient (Wildman–Crippen LogP) is -2.64. The minimum Gasteiger partial charge on any atom is -0.0149 e. The van der Waals surface area contributed by atoms with Crippen LogP contribution in [0.4, 0.5) is 0 Å². The molecule has 0 saturated carbocycles. The third kappa shape index (κ3) is 25.8. The van der Waals surface area contributed by atoms with Gasteiger partial charge in [0.25, 0.3) is 0 Å². The van der Waals surface area contributed by atoms with Gasteiger partial charge in [-0.3, -0.25) is 0 Å². The van der Waals surface area contributed by atoms with Gasteiger partial charge in [-0.05, 0) is 11.0 Å². The van der Waals surface area contributed by atoms with Crippen LogP contribution >= 0.6 is 0 Å². The van der Waals surface area contributed by atoms with Gasteiger partial charge in [0, 0.05) is 50.3 Å². The van der Waals surface area contributed by atoms with E-state index < -0.39 is 0 Å². The van der Waals surface area contributed by atoms with Crippen molar-refractivity contribution in [2.75, 3.05) is 0 Å². The molecule has 0 N–H and O–H groups in total. The molecule has 0 amide bonds. The van der Waals surface area contributed by atoms with Crippen molar-refractivity contribution in [2.45, 2.75) is 0 Å². The molecule has 0 aromatic rings. The normalized spacial score (nSPS) is 0. The van der Waals surface area contributed by atoms with E-state index in [0.717, 1.165) is 0 Å². The van der Waals surface area contributed by atoms with Gasteiger partial charge in [0.05, 0.1) is 8.41 Å². The first-order valence-corrected chi connectivity index (χ1v) is 0. The second kappa shape index (κ2) is 41.2. The standard InChI is InChI=1S/BH3.Co.Fe.Ni.H4Si/h1H3;;;;1H4. The number of hydrogen-bond acceptors (Lipinski definition) is 0. The fraction of sp³-hybridized carbons (Fsp3) is 0. The first-order valence-electron chi connectivity index (χ1n) is 0. The van der Waals surface area contributed by atoms with Crippen LogP contribution in [0.5, 0.6) is 0 Å². The topological polar surface area (TPSA) is 0 Å². The molecule has 0 heterocycles. The molecule has 0 fully saturated rings. The van der Waals surface area contributed by atoms with E-state index in [4.69, 9.17) is 0 Å². The van der Waals surface area contributed by atoms with E-state index in [9.17, 15) is 0 Å². The molecule has 0 nitrogen and oxygen atoms in total. The van der Waals surface area contributed by atoms with Crippen molar-refractivity contribution in [1.29, 1.82) is 0 Å². The zero-order valence-electron chi connectivity index (χ0n) is 1.00. The Hall–Kier alpha value is 1.80. The molecule has 5 heavy (non-hydrogen) atoms. The number of rotatable bonds is 0. The van der Waals surface area contributed by atoms with Crippen LogP contribution < -0.4 is 0 Å². The summed E-state index contributed by atoms with van der Waals surface area (Å²) in [5, 5.41) is 0. The maximum atomic E-state index is 0. The first-order chi connectivity index (χ1) is 0. The van der Waals surface area contributed by atoms with Crippen molar-refractivity contribution in [3.63, 3.8) is 0 Å². The molecular weight excluding hydrogens is 212 g/mol. The summed E-state index contributed by atoms with van der Waals surface area (Å²) in [6.07, 6.45) is 0. The summed E-state index contributed by atoms with van der Waals surface area (Å²) in [5.74, 6) is 0. The Balaban J connectivity index is 0. The molecule has 0 saturated heterocycles. The van der Waals surface area contributed by atoms with Crippen molar-refractivity contribution < 1.29 is 50.3 Å². The second-order valence-corrected chi connectivity index (χ2v) is 0. The van der Waals surface area contributed by atoms with Gasteiger partial charge in [-0.25, -0.2) is 0 Å². The third-order valence-corrected chi connectivity index (χ3v) is 0. The maximum absolute atomic E-state index is 0. The van der Waals surface area contributed by atoms with Gasteiger partial charge in [0.15, 0.2) is 0 Å². The summed E-state index contributed by atoms with van der Waals surface area (Å²) >= 11 is 0. The Labute approximate surface area is 69.4 Å². The summed E-state index contributed by atoms with van der Waals surface area (Å²) in [7, 11) is 0. The quantitative estimate of drug-likeness (QED) is 0.391. The van der Waals surface area contributed by atoms with Crippen molar-refractivity contribution in [3.05, 3.63) is 0 Å². The van der Waals surface area contributed by atoms with Crippen LogP contribution in [0.2, 0.25) is 0 Å². The molecule has 0 aliphatic rings. The minimum atomic E-state index is 0. The van der Waals surface area contributed by atoms with E-state index in [2.05, 4.69) is 0 Å². The van der Waals surface area contributed by atoms with E-state index in [1.807, 2.05) is 0 Å². The van der Waals surface area contributed by atoms with Crippen molar-refractivity contribution in [1.82, 2.24) is 0 Å². The third-order valence-electron chi connectivity index (χ3n) is 0. The average Bonchev–Trinajstić information content (AvgIpc) is 0. The summed E-state index contributed by atoms with van der Waals surface area (Å²) in [6.45, 7) is 0. The van der Waals surface area contributed by atoms with Crippen LogP contribution in [0.1, 0.15) is 0 Å². The summed E-state index contributed by atoms with van der Waals surface area (Å²) in [4.78, 5) is 0. The molecule has 0 spiro atoms. The van der Waals surface area contributed by atoms with Gasteiger partial charge in [0.1, 0.15) is 0 Å². The van der Waals surface area contributed by atoms with Crippen LogP contribution in [-0.2, 0) is 50.3 Å². The van der Waals surface area contributed by atoms with Gasteiger partial charge in [-0.1, -0.05) is 0 Å². The smallest absolute Gasteiger partial charge is 0.0149 e. The molecule has 0 aliphatic heterocycles. The number of hydrogen-bond donors (Lipinski definition) is 0. The fourth-order valence-corrected chi connectivity index (χ4v) is 0. The monoisotopic (exact) mass is 219 g/mol. The SMILES string of the molecule is B.[Co].[Fe].[Ni].[SiH4]. The van der Waals surface area contributed by atoms with Crippen LogP contribution in [0.15, 0.2) is 0 Å². The van der Waals surface area contributed by atoms with Crippen molar-refractivity contribution in [3.8, 4) is 0 Å². The van der Waals surface area contributed by atoms with Gasteiger partial charge < -0.3 is 0 Å². The minimum absolute atomic E-state index is 0. The predicted molar refractivity (Wildman–Crippen MR) is 21.3 cm³/mol. The molecular formula is H7BCoFeNiSi. The maximum Gasteiger partial charge on any atom is 0.0814 e. The summed E-state index contributed by atoms with van der Waals surface area (Å²) in [5.41, 5.74) is 0. The van der Waals surface area contributed by atoms with E-state index in [-0.39, 0.29) is 69.7 Å². The molecule has 0 aliphatic carbocycles. The summed E-state index contributed by atoms with van der Waals surface area (Å²) in [6, 6.07) is 0. The van der Waals surface area contributed by atoms with Gasteiger partial charge >= 0.3 is 0 Å². The molecule has 41 valence electrons. The first kappa shape index (κ1) is 70.5. The van der Waals surface area contributed by atoms with E-state index in [0.29, 0.717) is 0 Å². The van der Waals surface area contributed by atoms with Crippen LogP contribution in [0, 0.1) is 0 Å². The van der Waals surface area contributed by atoms with Crippen molar-refractivity contribution in [2.24, 2.45) is 0 Å². The average molecular weight is 219 g/mol. The molecule has 0 rings (SSSR count). The second-order valence-electron chi connectivity index (χ2n) is 0. The van der Waals surface area contributed by atoms with Crippen LogP contribution in [0.3, 0.4) is 0 Å². The Morgan fingerprint density at radius 3 is 1.00 bits per heavy atom. The van der Waals surface area contributed by atoms with Crippen LogP contribution in [-0.4, -0.2) is 19.4 Å². The van der Waals surface area contributed by atoms with E-state index in [1.165, 1.54) is 0 Å². The molecule has 0 bridgehead atoms. The Bertz CT molecular complexity index is 11.6. The van der Waals surface area contributed by atoms with Gasteiger partial charge in [-0.15, -0.1) is 0 Å². The Morgan fingerprint density at radius 1 is 1.00 bits per heavy atom. The molecule has 0 atom stereocenters.